The van der Waals surface area contributed by atoms with Crippen molar-refractivity contribution >= 4 is 5.91 Å². The molecular formula is C17H26N3O2+. The van der Waals surface area contributed by atoms with Gasteiger partial charge in [-0.3, -0.25) is 4.79 Å². The summed E-state index contributed by atoms with van der Waals surface area (Å²) < 4.78 is 5.61. The number of nitrogens with zero attached hydrogens (tertiary/aromatic N) is 1. The van der Waals surface area contributed by atoms with Gasteiger partial charge in [0.05, 0.1) is 13.1 Å². The van der Waals surface area contributed by atoms with Gasteiger partial charge in [-0.2, -0.15) is 5.26 Å². The lowest BCUT2D eigenvalue weighted by molar-refractivity contribution is -0.871. The highest BCUT2D eigenvalue weighted by Gasteiger charge is 2.30. The SMILES string of the molecule is CC(C)[C@@](C)(C#N)NC(=O)C[NH+](C)CCOc1ccccc1. The Kier molecular flexibility index (Phi) is 6.87. The number of nitriles is 1. The summed E-state index contributed by atoms with van der Waals surface area (Å²) in [6.45, 7) is 7.18. The summed E-state index contributed by atoms with van der Waals surface area (Å²) in [5, 5.41) is 12.0. The Bertz CT molecular complexity index is 510. The van der Waals surface area contributed by atoms with Gasteiger partial charge in [0.1, 0.15) is 24.4 Å². The molecule has 1 rings (SSSR count). The molecule has 1 amide bonds. The van der Waals surface area contributed by atoms with Gasteiger partial charge in [-0.05, 0) is 25.0 Å². The van der Waals surface area contributed by atoms with Gasteiger partial charge < -0.3 is 15.0 Å². The van der Waals surface area contributed by atoms with Gasteiger partial charge in [0.15, 0.2) is 6.54 Å². The highest BCUT2D eigenvalue weighted by Crippen LogP contribution is 2.14. The molecule has 1 aromatic rings. The van der Waals surface area contributed by atoms with E-state index >= 15 is 0 Å². The molecule has 0 spiro atoms. The molecule has 0 heterocycles. The molecule has 5 heteroatoms. The van der Waals surface area contributed by atoms with Crippen molar-refractivity contribution in [3.8, 4) is 11.8 Å². The van der Waals surface area contributed by atoms with Crippen LogP contribution in [0.2, 0.25) is 0 Å². The van der Waals surface area contributed by atoms with Crippen LogP contribution in [0.1, 0.15) is 20.8 Å². The minimum absolute atomic E-state index is 0.0585. The van der Waals surface area contributed by atoms with Crippen molar-refractivity contribution in [2.24, 2.45) is 5.92 Å². The molecule has 2 N–H and O–H groups in total. The van der Waals surface area contributed by atoms with E-state index in [4.69, 9.17) is 4.74 Å². The molecule has 0 bridgehead atoms. The van der Waals surface area contributed by atoms with E-state index in [0.29, 0.717) is 19.7 Å². The molecule has 5 nitrogen and oxygen atoms in total. The van der Waals surface area contributed by atoms with Crippen molar-refractivity contribution in [2.75, 3.05) is 26.7 Å². The van der Waals surface area contributed by atoms with E-state index in [-0.39, 0.29) is 11.8 Å². The normalized spacial score (nSPS) is 14.7. The molecule has 0 saturated carbocycles. The van der Waals surface area contributed by atoms with Crippen LogP contribution in [-0.4, -0.2) is 38.2 Å². The number of likely N-dealkylation sites (N-methyl/N-ethyl adjacent to an activating group) is 1. The number of benzene rings is 1. The van der Waals surface area contributed by atoms with Gasteiger partial charge in [-0.1, -0.05) is 32.0 Å². The van der Waals surface area contributed by atoms with Crippen LogP contribution in [0.15, 0.2) is 30.3 Å². The van der Waals surface area contributed by atoms with Crippen molar-refractivity contribution in [3.05, 3.63) is 30.3 Å². The summed E-state index contributed by atoms with van der Waals surface area (Å²) in [4.78, 5) is 13.1. The molecule has 0 aliphatic heterocycles. The lowest BCUT2D eigenvalue weighted by atomic mass is 9.90. The predicted octanol–water partition coefficient (Wildman–Crippen LogP) is 0.635. The first-order valence-electron chi connectivity index (χ1n) is 7.59. The summed E-state index contributed by atoms with van der Waals surface area (Å²) in [5.41, 5.74) is -0.822. The zero-order valence-corrected chi connectivity index (χ0v) is 13.8. The number of amides is 1. The Morgan fingerprint density at radius 3 is 2.59 bits per heavy atom. The molecule has 0 aliphatic rings. The molecular weight excluding hydrogens is 278 g/mol. The topological polar surface area (TPSA) is 66.6 Å². The van der Waals surface area contributed by atoms with Gasteiger partial charge in [0.2, 0.25) is 0 Å². The molecule has 0 fully saturated rings. The largest absolute Gasteiger partial charge is 0.488 e. The first-order chi connectivity index (χ1) is 10.4. The summed E-state index contributed by atoms with van der Waals surface area (Å²) in [6, 6.07) is 11.8. The average Bonchev–Trinajstić information content (AvgIpc) is 2.47. The molecule has 0 aliphatic carbocycles. The molecule has 0 saturated heterocycles. The zero-order chi connectivity index (χ0) is 16.6. The Hall–Kier alpha value is -2.06. The minimum atomic E-state index is -0.822. The number of para-hydroxylation sites is 1. The number of rotatable bonds is 8. The van der Waals surface area contributed by atoms with Crippen LogP contribution in [0.3, 0.4) is 0 Å². The van der Waals surface area contributed by atoms with Crippen LogP contribution in [0.5, 0.6) is 5.75 Å². The number of hydrogen-bond acceptors (Lipinski definition) is 3. The van der Waals surface area contributed by atoms with E-state index in [1.807, 2.05) is 51.2 Å². The Balaban J connectivity index is 2.34. The Morgan fingerprint density at radius 2 is 2.05 bits per heavy atom. The first-order valence-corrected chi connectivity index (χ1v) is 7.59. The maximum atomic E-state index is 12.0. The fourth-order valence-electron chi connectivity index (χ4n) is 1.86. The molecule has 1 unspecified atom stereocenters. The van der Waals surface area contributed by atoms with Gasteiger partial charge in [-0.25, -0.2) is 0 Å². The molecule has 1 aromatic carbocycles. The predicted molar refractivity (Wildman–Crippen MR) is 85.6 cm³/mol. The first kappa shape index (κ1) is 18.0. The standard InChI is InChI=1S/C17H25N3O2/c1-14(2)17(3,13-18)19-16(21)12-20(4)10-11-22-15-8-6-5-7-9-15/h5-9,14H,10-12H2,1-4H3,(H,19,21)/p+1/t17-/m1/s1. The van der Waals surface area contributed by atoms with Gasteiger partial charge in [0, 0.05) is 0 Å². The number of hydrogen-bond donors (Lipinski definition) is 2. The second-order valence-corrected chi connectivity index (χ2v) is 6.06. The lowest BCUT2D eigenvalue weighted by Crippen LogP contribution is -3.11. The third-order valence-electron chi connectivity index (χ3n) is 3.79. The Labute approximate surface area is 132 Å². The van der Waals surface area contributed by atoms with Crippen LogP contribution >= 0.6 is 0 Å². The summed E-state index contributed by atoms with van der Waals surface area (Å²) in [6.07, 6.45) is 0. The van der Waals surface area contributed by atoms with Crippen molar-refractivity contribution < 1.29 is 14.4 Å². The molecule has 0 aromatic heterocycles. The number of nitrogens with one attached hydrogen (secondary N) is 2. The number of carbonyl (C=O) groups is 1. The second kappa shape index (κ2) is 8.40. The molecule has 2 atom stereocenters. The van der Waals surface area contributed by atoms with E-state index < -0.39 is 5.54 Å². The Morgan fingerprint density at radius 1 is 1.41 bits per heavy atom. The fourth-order valence-corrected chi connectivity index (χ4v) is 1.86. The number of ether oxygens (including phenoxy) is 1. The van der Waals surface area contributed by atoms with Crippen LogP contribution in [0.25, 0.3) is 0 Å². The van der Waals surface area contributed by atoms with Gasteiger partial charge in [-0.15, -0.1) is 0 Å². The second-order valence-electron chi connectivity index (χ2n) is 6.06. The number of carbonyl (C=O) groups excluding carboxylic acids is 1. The van der Waals surface area contributed by atoms with Crippen molar-refractivity contribution in [2.45, 2.75) is 26.3 Å². The van der Waals surface area contributed by atoms with Crippen molar-refractivity contribution in [1.82, 2.24) is 5.32 Å². The summed E-state index contributed by atoms with van der Waals surface area (Å²) in [5.74, 6) is 0.773. The quantitative estimate of drug-likeness (QED) is 0.740. The van der Waals surface area contributed by atoms with E-state index in [1.54, 1.807) is 6.92 Å². The minimum Gasteiger partial charge on any atom is -0.488 e. The maximum Gasteiger partial charge on any atom is 0.276 e. The van der Waals surface area contributed by atoms with Crippen molar-refractivity contribution in [1.29, 1.82) is 5.26 Å². The van der Waals surface area contributed by atoms with E-state index in [2.05, 4.69) is 11.4 Å². The zero-order valence-electron chi connectivity index (χ0n) is 13.8. The maximum absolute atomic E-state index is 12.0. The van der Waals surface area contributed by atoms with Gasteiger partial charge >= 0.3 is 0 Å². The van der Waals surface area contributed by atoms with Gasteiger partial charge in [0.25, 0.3) is 5.91 Å². The van der Waals surface area contributed by atoms with Crippen LogP contribution in [0, 0.1) is 17.2 Å². The lowest BCUT2D eigenvalue weighted by Gasteiger charge is -2.27. The van der Waals surface area contributed by atoms with Crippen LogP contribution < -0.4 is 15.0 Å². The molecule has 0 radical (unpaired) electrons. The monoisotopic (exact) mass is 304 g/mol. The average molecular weight is 304 g/mol. The smallest absolute Gasteiger partial charge is 0.276 e. The third-order valence-corrected chi connectivity index (χ3v) is 3.79. The van der Waals surface area contributed by atoms with E-state index in [0.717, 1.165) is 10.6 Å². The van der Waals surface area contributed by atoms with Crippen LogP contribution in [0.4, 0.5) is 0 Å². The molecule has 22 heavy (non-hydrogen) atoms. The fraction of sp³-hybridized carbons (Fsp3) is 0.529. The van der Waals surface area contributed by atoms with E-state index in [9.17, 15) is 10.1 Å². The molecule has 120 valence electrons. The van der Waals surface area contributed by atoms with Crippen LogP contribution in [-0.2, 0) is 4.79 Å². The van der Waals surface area contributed by atoms with Crippen molar-refractivity contribution in [3.63, 3.8) is 0 Å². The highest BCUT2D eigenvalue weighted by molar-refractivity contribution is 5.78. The summed E-state index contributed by atoms with van der Waals surface area (Å²) in [7, 11) is 1.94. The number of quaternary nitrogens is 1. The van der Waals surface area contributed by atoms with E-state index in [1.165, 1.54) is 0 Å². The highest BCUT2D eigenvalue weighted by atomic mass is 16.5. The summed E-state index contributed by atoms with van der Waals surface area (Å²) >= 11 is 0. The third kappa shape index (κ3) is 5.74.